The smallest absolute Gasteiger partial charge is 0.273 e. The van der Waals surface area contributed by atoms with Gasteiger partial charge in [0.2, 0.25) is 0 Å². The summed E-state index contributed by atoms with van der Waals surface area (Å²) in [5, 5.41) is 17.1. The van der Waals surface area contributed by atoms with Crippen molar-refractivity contribution in [2.75, 3.05) is 11.9 Å². The molecule has 0 unspecified atom stereocenters. The number of rotatable bonds is 2. The van der Waals surface area contributed by atoms with Gasteiger partial charge in [-0.05, 0) is 24.3 Å². The number of carbonyl (C=O) groups is 1. The number of benzene rings is 1. The van der Waals surface area contributed by atoms with Gasteiger partial charge in [-0.1, -0.05) is 11.8 Å². The molecule has 1 aromatic heterocycles. The van der Waals surface area contributed by atoms with E-state index in [4.69, 9.17) is 5.11 Å². The van der Waals surface area contributed by atoms with Gasteiger partial charge in [-0.2, -0.15) is 5.10 Å². The molecular weight excluding hydrogens is 249 g/mol. The van der Waals surface area contributed by atoms with E-state index in [-0.39, 0.29) is 18.0 Å². The second-order valence-electron chi connectivity index (χ2n) is 3.58. The van der Waals surface area contributed by atoms with Crippen molar-refractivity contribution in [1.82, 2.24) is 10.2 Å². The van der Waals surface area contributed by atoms with Gasteiger partial charge >= 0.3 is 0 Å². The van der Waals surface area contributed by atoms with Crippen LogP contribution in [-0.2, 0) is 0 Å². The number of aliphatic hydroxyl groups excluding tert-OH is 1. The Morgan fingerprint density at radius 3 is 2.95 bits per heavy atom. The normalized spacial score (nSPS) is 9.58. The molecule has 0 radical (unpaired) electrons. The molecule has 96 valence electrons. The van der Waals surface area contributed by atoms with Crippen molar-refractivity contribution in [3.8, 4) is 11.8 Å². The van der Waals surface area contributed by atoms with Gasteiger partial charge in [-0.25, -0.2) is 4.39 Å². The van der Waals surface area contributed by atoms with Crippen LogP contribution in [0, 0.1) is 17.7 Å². The van der Waals surface area contributed by atoms with E-state index in [2.05, 4.69) is 27.4 Å². The first-order valence-corrected chi connectivity index (χ1v) is 5.40. The number of hydrogen-bond donors (Lipinski definition) is 3. The third-order valence-electron chi connectivity index (χ3n) is 2.27. The molecule has 6 heteroatoms. The summed E-state index contributed by atoms with van der Waals surface area (Å²) in [7, 11) is 0. The van der Waals surface area contributed by atoms with E-state index in [1.807, 2.05) is 0 Å². The Balaban J connectivity index is 2.15. The predicted octanol–water partition coefficient (Wildman–Crippen LogP) is 1.14. The Labute approximate surface area is 108 Å². The number of H-pyrrole nitrogens is 1. The van der Waals surface area contributed by atoms with Crippen molar-refractivity contribution in [3.63, 3.8) is 0 Å². The third kappa shape index (κ3) is 3.18. The predicted molar refractivity (Wildman–Crippen MR) is 66.9 cm³/mol. The number of aliphatic hydroxyl groups is 1. The Kier molecular flexibility index (Phi) is 3.90. The molecule has 0 aliphatic rings. The molecule has 0 aliphatic carbocycles. The average molecular weight is 259 g/mol. The van der Waals surface area contributed by atoms with Crippen LogP contribution in [0.4, 0.5) is 10.1 Å². The highest BCUT2D eigenvalue weighted by Gasteiger charge is 2.10. The molecule has 19 heavy (non-hydrogen) atoms. The van der Waals surface area contributed by atoms with Crippen LogP contribution < -0.4 is 5.32 Å². The van der Waals surface area contributed by atoms with Gasteiger partial charge in [0.15, 0.2) is 0 Å². The summed E-state index contributed by atoms with van der Waals surface area (Å²) in [4.78, 5) is 11.7. The topological polar surface area (TPSA) is 78.0 Å². The van der Waals surface area contributed by atoms with E-state index in [1.165, 1.54) is 24.4 Å². The van der Waals surface area contributed by atoms with Crippen LogP contribution in [0.1, 0.15) is 16.1 Å². The number of carbonyl (C=O) groups excluding carboxylic acids is 1. The molecule has 1 amide bonds. The van der Waals surface area contributed by atoms with Crippen molar-refractivity contribution >= 4 is 11.6 Å². The molecule has 0 aliphatic heterocycles. The second kappa shape index (κ2) is 5.80. The third-order valence-corrected chi connectivity index (χ3v) is 2.27. The molecule has 0 atom stereocenters. The standard InChI is InChI=1S/C13H10FN3O2/c14-10-8-9(2-1-7-18)3-4-11(10)16-13(19)12-5-6-15-17-12/h3-6,8,18H,7H2,(H,15,17)(H,16,19). The zero-order chi connectivity index (χ0) is 13.7. The summed E-state index contributed by atoms with van der Waals surface area (Å²) < 4.78 is 13.7. The van der Waals surface area contributed by atoms with Crippen LogP contribution in [0.3, 0.4) is 0 Å². The number of nitrogens with zero attached hydrogens (tertiary/aromatic N) is 1. The van der Waals surface area contributed by atoms with Crippen molar-refractivity contribution in [3.05, 3.63) is 47.5 Å². The highest BCUT2D eigenvalue weighted by Crippen LogP contribution is 2.16. The van der Waals surface area contributed by atoms with Crippen molar-refractivity contribution in [2.45, 2.75) is 0 Å². The van der Waals surface area contributed by atoms with Gasteiger partial charge in [0.25, 0.3) is 5.91 Å². The van der Waals surface area contributed by atoms with E-state index < -0.39 is 11.7 Å². The molecule has 5 nitrogen and oxygen atoms in total. The molecule has 1 aromatic carbocycles. The lowest BCUT2D eigenvalue weighted by molar-refractivity contribution is 0.102. The van der Waals surface area contributed by atoms with Crippen LogP contribution in [0.15, 0.2) is 30.5 Å². The summed E-state index contributed by atoms with van der Waals surface area (Å²) in [6.07, 6.45) is 1.43. The highest BCUT2D eigenvalue weighted by atomic mass is 19.1. The molecule has 0 saturated heterocycles. The molecule has 0 fully saturated rings. The summed E-state index contributed by atoms with van der Waals surface area (Å²) in [6, 6.07) is 5.62. The molecular formula is C13H10FN3O2. The monoisotopic (exact) mass is 259 g/mol. The molecule has 0 spiro atoms. The Morgan fingerprint density at radius 1 is 1.47 bits per heavy atom. The van der Waals surface area contributed by atoms with Gasteiger partial charge in [0, 0.05) is 11.8 Å². The maximum Gasteiger partial charge on any atom is 0.273 e. The number of amides is 1. The maximum atomic E-state index is 13.7. The van der Waals surface area contributed by atoms with Crippen LogP contribution >= 0.6 is 0 Å². The van der Waals surface area contributed by atoms with E-state index >= 15 is 0 Å². The summed E-state index contributed by atoms with van der Waals surface area (Å²) >= 11 is 0. The van der Waals surface area contributed by atoms with Crippen molar-refractivity contribution in [1.29, 1.82) is 0 Å². The van der Waals surface area contributed by atoms with Crippen molar-refractivity contribution in [2.24, 2.45) is 0 Å². The first-order chi connectivity index (χ1) is 9.20. The molecule has 0 bridgehead atoms. The lowest BCUT2D eigenvalue weighted by atomic mass is 10.2. The lowest BCUT2D eigenvalue weighted by Crippen LogP contribution is -2.13. The van der Waals surface area contributed by atoms with Gasteiger partial charge in [-0.3, -0.25) is 9.89 Å². The Bertz CT molecular complexity index is 642. The average Bonchev–Trinajstić information content (AvgIpc) is 2.93. The zero-order valence-electron chi connectivity index (χ0n) is 9.77. The van der Waals surface area contributed by atoms with Crippen LogP contribution in [0.5, 0.6) is 0 Å². The minimum atomic E-state index is -0.599. The second-order valence-corrected chi connectivity index (χ2v) is 3.58. The molecule has 2 rings (SSSR count). The number of nitrogens with one attached hydrogen (secondary N) is 2. The summed E-state index contributed by atoms with van der Waals surface area (Å²) in [6.45, 7) is -0.292. The minimum Gasteiger partial charge on any atom is -0.384 e. The quantitative estimate of drug-likeness (QED) is 0.708. The fourth-order valence-electron chi connectivity index (χ4n) is 1.41. The maximum absolute atomic E-state index is 13.7. The van der Waals surface area contributed by atoms with Gasteiger partial charge in [0.05, 0.1) is 5.69 Å². The summed E-state index contributed by atoms with van der Waals surface area (Å²) in [5.74, 6) is 3.91. The number of aromatic amines is 1. The van der Waals surface area contributed by atoms with E-state index in [0.29, 0.717) is 5.56 Å². The van der Waals surface area contributed by atoms with Crippen LogP contribution in [0.25, 0.3) is 0 Å². The molecule has 1 heterocycles. The fraction of sp³-hybridized carbons (Fsp3) is 0.0769. The van der Waals surface area contributed by atoms with E-state index in [9.17, 15) is 9.18 Å². The van der Waals surface area contributed by atoms with Crippen LogP contribution in [-0.4, -0.2) is 27.8 Å². The molecule has 3 N–H and O–H groups in total. The number of anilines is 1. The molecule has 2 aromatic rings. The first kappa shape index (κ1) is 12.8. The number of aromatic nitrogens is 2. The highest BCUT2D eigenvalue weighted by molar-refractivity contribution is 6.02. The fourth-order valence-corrected chi connectivity index (χ4v) is 1.41. The van der Waals surface area contributed by atoms with E-state index in [1.54, 1.807) is 6.07 Å². The van der Waals surface area contributed by atoms with Gasteiger partial charge in [-0.15, -0.1) is 0 Å². The minimum absolute atomic E-state index is 0.0501. The zero-order valence-corrected chi connectivity index (χ0v) is 9.77. The van der Waals surface area contributed by atoms with Crippen molar-refractivity contribution < 1.29 is 14.3 Å². The summed E-state index contributed by atoms with van der Waals surface area (Å²) in [5.41, 5.74) is 0.712. The van der Waals surface area contributed by atoms with Gasteiger partial charge in [0.1, 0.15) is 18.1 Å². The van der Waals surface area contributed by atoms with Gasteiger partial charge < -0.3 is 10.4 Å². The Morgan fingerprint density at radius 2 is 2.32 bits per heavy atom. The number of hydrogen-bond acceptors (Lipinski definition) is 3. The molecule has 0 saturated carbocycles. The lowest BCUT2D eigenvalue weighted by Gasteiger charge is -2.05. The Hall–Kier alpha value is -2.65. The largest absolute Gasteiger partial charge is 0.384 e. The van der Waals surface area contributed by atoms with E-state index in [0.717, 1.165) is 0 Å². The first-order valence-electron chi connectivity index (χ1n) is 5.40. The van der Waals surface area contributed by atoms with Crippen LogP contribution in [0.2, 0.25) is 0 Å². The number of halogens is 1. The SMILES string of the molecule is O=C(Nc1ccc(C#CCO)cc1F)c1ccn[nH]1.